The van der Waals surface area contributed by atoms with E-state index in [1.165, 1.54) is 6.07 Å². The molecule has 0 aromatic heterocycles. The maximum absolute atomic E-state index is 13.7. The van der Waals surface area contributed by atoms with Crippen molar-refractivity contribution in [3.63, 3.8) is 0 Å². The molecule has 0 saturated heterocycles. The highest BCUT2D eigenvalue weighted by atomic mass is 127. The third-order valence-corrected chi connectivity index (χ3v) is 4.66. The van der Waals surface area contributed by atoms with Crippen molar-refractivity contribution < 1.29 is 9.13 Å². The van der Waals surface area contributed by atoms with Crippen LogP contribution in [0.4, 0.5) is 10.1 Å². The molecule has 0 bridgehead atoms. The average molecular weight is 440 g/mol. The summed E-state index contributed by atoms with van der Waals surface area (Å²) in [5, 5.41) is 0. The van der Waals surface area contributed by atoms with Crippen molar-refractivity contribution in [3.8, 4) is 11.5 Å². The fourth-order valence-corrected chi connectivity index (χ4v) is 2.56. The van der Waals surface area contributed by atoms with E-state index in [-0.39, 0.29) is 5.82 Å². The summed E-state index contributed by atoms with van der Waals surface area (Å²) in [4.78, 5) is 6.70. The van der Waals surface area contributed by atoms with Crippen LogP contribution in [-0.2, 0) is 0 Å². The molecule has 0 heterocycles. The molecule has 2 aromatic rings. The van der Waals surface area contributed by atoms with Gasteiger partial charge in [-0.25, -0.2) is 9.38 Å². The fraction of sp³-hybridized carbons (Fsp3) is 0.316. The van der Waals surface area contributed by atoms with Gasteiger partial charge >= 0.3 is 0 Å². The van der Waals surface area contributed by atoms with Crippen LogP contribution in [0.2, 0.25) is 0 Å². The van der Waals surface area contributed by atoms with Gasteiger partial charge in [-0.3, -0.25) is 0 Å². The van der Waals surface area contributed by atoms with Crippen molar-refractivity contribution in [2.24, 2.45) is 4.99 Å². The van der Waals surface area contributed by atoms with Gasteiger partial charge in [0.2, 0.25) is 0 Å². The minimum atomic E-state index is -0.275. The predicted molar refractivity (Wildman–Crippen MR) is 106 cm³/mol. The molecule has 0 aliphatic rings. The maximum atomic E-state index is 13.7. The lowest BCUT2D eigenvalue weighted by Gasteiger charge is -2.15. The Labute approximate surface area is 156 Å². The summed E-state index contributed by atoms with van der Waals surface area (Å²) in [6.07, 6.45) is 1.87. The SMILES string of the molecule is CCN(/C=N/c1cc(C)c(Oc2ccc(I)c(F)c2)cc1C)CC. The van der Waals surface area contributed by atoms with Crippen molar-refractivity contribution in [2.45, 2.75) is 27.7 Å². The lowest BCUT2D eigenvalue weighted by molar-refractivity contribution is 0.472. The van der Waals surface area contributed by atoms with Crippen molar-refractivity contribution in [3.05, 3.63) is 50.8 Å². The second kappa shape index (κ2) is 8.46. The van der Waals surface area contributed by atoms with Crippen LogP contribution >= 0.6 is 22.6 Å². The smallest absolute Gasteiger partial charge is 0.140 e. The lowest BCUT2D eigenvalue weighted by Crippen LogP contribution is -2.20. The van der Waals surface area contributed by atoms with Crippen LogP contribution in [0.3, 0.4) is 0 Å². The molecule has 5 heteroatoms. The number of hydrogen-bond acceptors (Lipinski definition) is 2. The Balaban J connectivity index is 2.24. The summed E-state index contributed by atoms with van der Waals surface area (Å²) in [5.41, 5.74) is 2.90. The van der Waals surface area contributed by atoms with Crippen LogP contribution in [0.1, 0.15) is 25.0 Å². The molecule has 0 aliphatic carbocycles. The Kier molecular flexibility index (Phi) is 6.60. The van der Waals surface area contributed by atoms with Gasteiger partial charge in [-0.1, -0.05) is 0 Å². The van der Waals surface area contributed by atoms with Gasteiger partial charge in [-0.15, -0.1) is 0 Å². The minimum Gasteiger partial charge on any atom is -0.457 e. The first-order valence-electron chi connectivity index (χ1n) is 7.97. The molecule has 0 unspecified atom stereocenters. The largest absolute Gasteiger partial charge is 0.457 e. The van der Waals surface area contributed by atoms with Gasteiger partial charge in [0.15, 0.2) is 0 Å². The van der Waals surface area contributed by atoms with Gasteiger partial charge in [0.1, 0.15) is 17.3 Å². The van der Waals surface area contributed by atoms with E-state index in [0.717, 1.165) is 35.7 Å². The second-order valence-corrected chi connectivity index (χ2v) is 6.71. The van der Waals surface area contributed by atoms with E-state index >= 15 is 0 Å². The van der Waals surface area contributed by atoms with E-state index in [1.54, 1.807) is 12.1 Å². The topological polar surface area (TPSA) is 24.8 Å². The number of hydrogen-bond donors (Lipinski definition) is 0. The number of aliphatic imine (C=N–C) groups is 1. The molecule has 3 nitrogen and oxygen atoms in total. The molecule has 2 rings (SSSR count). The fourth-order valence-electron chi connectivity index (χ4n) is 2.22. The van der Waals surface area contributed by atoms with E-state index in [2.05, 4.69) is 23.7 Å². The summed E-state index contributed by atoms with van der Waals surface area (Å²) in [6, 6.07) is 8.82. The summed E-state index contributed by atoms with van der Waals surface area (Å²) in [5.74, 6) is 0.938. The third kappa shape index (κ3) is 4.69. The average Bonchev–Trinajstić information content (AvgIpc) is 2.56. The molecular formula is C19H22FIN2O. The van der Waals surface area contributed by atoms with E-state index in [4.69, 9.17) is 4.74 Å². The van der Waals surface area contributed by atoms with E-state index in [9.17, 15) is 4.39 Å². The third-order valence-electron chi connectivity index (χ3n) is 3.78. The molecule has 0 radical (unpaired) electrons. The van der Waals surface area contributed by atoms with Crippen molar-refractivity contribution in [2.75, 3.05) is 13.1 Å². The predicted octanol–water partition coefficient (Wildman–Crippen LogP) is 5.84. The van der Waals surface area contributed by atoms with E-state index < -0.39 is 0 Å². The summed E-state index contributed by atoms with van der Waals surface area (Å²) < 4.78 is 20.1. The second-order valence-electron chi connectivity index (χ2n) is 5.55. The lowest BCUT2D eigenvalue weighted by atomic mass is 10.1. The Morgan fingerprint density at radius 2 is 1.83 bits per heavy atom. The first kappa shape index (κ1) is 18.7. The monoisotopic (exact) mass is 440 g/mol. The molecule has 128 valence electrons. The van der Waals surface area contributed by atoms with Crippen molar-refractivity contribution >= 4 is 34.6 Å². The molecule has 0 atom stereocenters. The number of rotatable bonds is 6. The van der Waals surface area contributed by atoms with Gasteiger partial charge in [0.25, 0.3) is 0 Å². The molecule has 0 amide bonds. The Morgan fingerprint density at radius 1 is 1.12 bits per heavy atom. The summed E-state index contributed by atoms with van der Waals surface area (Å²) >= 11 is 1.96. The number of aryl methyl sites for hydroxylation is 2. The van der Waals surface area contributed by atoms with E-state index in [0.29, 0.717) is 9.32 Å². The summed E-state index contributed by atoms with van der Waals surface area (Å²) in [7, 11) is 0. The molecule has 2 aromatic carbocycles. The van der Waals surface area contributed by atoms with Gasteiger partial charge in [-0.2, -0.15) is 0 Å². The number of ether oxygens (including phenoxy) is 1. The van der Waals surface area contributed by atoms with Crippen LogP contribution in [0, 0.1) is 23.2 Å². The minimum absolute atomic E-state index is 0.275. The molecule has 0 spiro atoms. The number of nitrogens with zero attached hydrogens (tertiary/aromatic N) is 2. The highest BCUT2D eigenvalue weighted by molar-refractivity contribution is 14.1. The van der Waals surface area contributed by atoms with Crippen LogP contribution in [0.5, 0.6) is 11.5 Å². The van der Waals surface area contributed by atoms with Gasteiger partial charge < -0.3 is 9.64 Å². The van der Waals surface area contributed by atoms with Gasteiger partial charge in [-0.05, 0) is 85.7 Å². The standard InChI is InChI=1S/C19H22FIN2O/c1-5-23(6-2)12-22-18-9-14(4)19(10-13(18)3)24-15-7-8-17(21)16(20)11-15/h7-12H,5-6H2,1-4H3/b22-12+. The molecule has 0 aliphatic heterocycles. The van der Waals surface area contributed by atoms with E-state index in [1.807, 2.05) is 54.9 Å². The van der Waals surface area contributed by atoms with Crippen molar-refractivity contribution in [1.82, 2.24) is 4.90 Å². The zero-order valence-electron chi connectivity index (χ0n) is 14.4. The molecule has 0 N–H and O–H groups in total. The highest BCUT2D eigenvalue weighted by Gasteiger charge is 2.08. The van der Waals surface area contributed by atoms with Crippen LogP contribution in [0.25, 0.3) is 0 Å². The van der Waals surface area contributed by atoms with Crippen LogP contribution in [0.15, 0.2) is 35.3 Å². The Bertz CT molecular complexity index is 742. The molecular weight excluding hydrogens is 418 g/mol. The zero-order valence-corrected chi connectivity index (χ0v) is 16.6. The number of benzene rings is 2. The highest BCUT2D eigenvalue weighted by Crippen LogP contribution is 2.32. The quantitative estimate of drug-likeness (QED) is 0.320. The Hall–Kier alpha value is -1.63. The molecule has 24 heavy (non-hydrogen) atoms. The normalized spacial score (nSPS) is 11.1. The van der Waals surface area contributed by atoms with Crippen molar-refractivity contribution in [1.29, 1.82) is 0 Å². The zero-order chi connectivity index (χ0) is 17.7. The number of halogens is 2. The van der Waals surface area contributed by atoms with Crippen LogP contribution in [-0.4, -0.2) is 24.3 Å². The van der Waals surface area contributed by atoms with Gasteiger partial charge in [0, 0.05) is 22.7 Å². The summed E-state index contributed by atoms with van der Waals surface area (Å²) in [6.45, 7) is 10.0. The molecule has 0 fully saturated rings. The maximum Gasteiger partial charge on any atom is 0.140 e. The first-order valence-corrected chi connectivity index (χ1v) is 9.04. The first-order chi connectivity index (χ1) is 11.4. The van der Waals surface area contributed by atoms with Gasteiger partial charge in [0.05, 0.1) is 12.0 Å². The Morgan fingerprint density at radius 3 is 2.46 bits per heavy atom. The van der Waals surface area contributed by atoms with Crippen LogP contribution < -0.4 is 4.74 Å². The molecule has 0 saturated carbocycles.